The molecule has 0 saturated carbocycles. The van der Waals surface area contributed by atoms with Crippen molar-refractivity contribution in [2.24, 2.45) is 9.57 Å². The molecule has 2 aromatic carbocycles. The van der Waals surface area contributed by atoms with Gasteiger partial charge in [-0.05, 0) is 106 Å². The average Bonchev–Trinajstić information content (AvgIpc) is 3.36. The van der Waals surface area contributed by atoms with Gasteiger partial charge in [0, 0.05) is 30.3 Å². The summed E-state index contributed by atoms with van der Waals surface area (Å²) in [5, 5.41) is 9.80. The summed E-state index contributed by atoms with van der Waals surface area (Å²) in [5.74, 6) is 2.61. The zero-order valence-electron chi connectivity index (χ0n) is 24.5. The quantitative estimate of drug-likeness (QED) is 0.191. The molecule has 10 nitrogen and oxygen atoms in total. The minimum absolute atomic E-state index is 0.000431. The smallest absolute Gasteiger partial charge is 0.308 e. The third-order valence-electron chi connectivity index (χ3n) is 7.27. The van der Waals surface area contributed by atoms with Crippen LogP contribution >= 0.6 is 0 Å². The van der Waals surface area contributed by atoms with E-state index in [2.05, 4.69) is 20.2 Å². The summed E-state index contributed by atoms with van der Waals surface area (Å²) >= 11 is 0. The van der Waals surface area contributed by atoms with Gasteiger partial charge in [-0.15, -0.1) is 4.47 Å². The number of rotatable bonds is 9. The fraction of sp³-hybridized carbons (Fsp3) is 0.467. The van der Waals surface area contributed by atoms with E-state index in [-0.39, 0.29) is 24.2 Å². The molecular weight excluding hydrogens is 544 g/mol. The first-order chi connectivity index (χ1) is 19.4. The van der Waals surface area contributed by atoms with Gasteiger partial charge in [0.15, 0.2) is 0 Å². The molecule has 2 amide bonds. The van der Waals surface area contributed by atoms with Gasteiger partial charge in [-0.2, -0.15) is 5.10 Å². The topological polar surface area (TPSA) is 128 Å². The number of amides is 2. The predicted molar refractivity (Wildman–Crippen MR) is 160 cm³/mol. The zero-order valence-corrected chi connectivity index (χ0v) is 25.3. The summed E-state index contributed by atoms with van der Waals surface area (Å²) in [7, 11) is -0.406. The molecular formula is C30H38N4O6S. The monoisotopic (exact) mass is 582 g/mol. The van der Waals surface area contributed by atoms with Gasteiger partial charge in [-0.3, -0.25) is 14.4 Å². The molecule has 2 atom stereocenters. The molecule has 11 heteroatoms. The van der Waals surface area contributed by atoms with E-state index in [0.29, 0.717) is 41.8 Å². The van der Waals surface area contributed by atoms with Crippen molar-refractivity contribution in [3.05, 3.63) is 46.5 Å². The van der Waals surface area contributed by atoms with Crippen LogP contribution in [0.5, 0.6) is 17.2 Å². The predicted octanol–water partition coefficient (Wildman–Crippen LogP) is 4.68. The number of hydrogen-bond donors (Lipinski definition) is 2. The number of nitrogens with zero attached hydrogens (tertiary/aromatic N) is 2. The Balaban J connectivity index is 1.29. The van der Waals surface area contributed by atoms with Crippen LogP contribution in [-0.4, -0.2) is 47.3 Å². The zero-order chi connectivity index (χ0) is 29.7. The van der Waals surface area contributed by atoms with Crippen molar-refractivity contribution in [2.75, 3.05) is 23.6 Å². The van der Waals surface area contributed by atoms with E-state index < -0.39 is 16.3 Å². The molecule has 0 aromatic heterocycles. The highest BCUT2D eigenvalue weighted by atomic mass is 32.2. The number of carbonyl (C=O) groups is 3. The summed E-state index contributed by atoms with van der Waals surface area (Å²) in [6.07, 6.45) is 2.31. The third-order valence-corrected chi connectivity index (χ3v) is 8.65. The maximum Gasteiger partial charge on any atom is 0.308 e. The minimum Gasteiger partial charge on any atom is -0.489 e. The molecule has 41 heavy (non-hydrogen) atoms. The van der Waals surface area contributed by atoms with Crippen molar-refractivity contribution in [2.45, 2.75) is 72.8 Å². The second kappa shape index (κ2) is 12.8. The van der Waals surface area contributed by atoms with Crippen LogP contribution in [0, 0.1) is 20.8 Å². The summed E-state index contributed by atoms with van der Waals surface area (Å²) in [4.78, 5) is 35.3. The van der Waals surface area contributed by atoms with Crippen molar-refractivity contribution in [3.63, 3.8) is 0 Å². The maximum atomic E-state index is 12.4. The minimum atomic E-state index is -0.525. The van der Waals surface area contributed by atoms with E-state index in [0.717, 1.165) is 46.6 Å². The Kier molecular flexibility index (Phi) is 9.47. The molecule has 2 unspecified atom stereocenters. The van der Waals surface area contributed by atoms with Gasteiger partial charge in [0.1, 0.15) is 29.5 Å². The molecule has 0 aliphatic carbocycles. The second-order valence-electron chi connectivity index (χ2n) is 10.8. The van der Waals surface area contributed by atoms with Crippen molar-refractivity contribution < 1.29 is 28.6 Å². The Morgan fingerprint density at radius 3 is 2.49 bits per heavy atom. The summed E-state index contributed by atoms with van der Waals surface area (Å²) in [6.45, 7) is 11.5. The lowest BCUT2D eigenvalue weighted by Crippen LogP contribution is -2.42. The highest BCUT2D eigenvalue weighted by Gasteiger charge is 2.36. The van der Waals surface area contributed by atoms with E-state index in [1.165, 1.54) is 6.92 Å². The number of fused-ring (bicyclic) bond motifs is 1. The largest absolute Gasteiger partial charge is 0.489 e. The molecule has 0 radical (unpaired) electrons. The molecule has 2 aliphatic heterocycles. The molecule has 0 spiro atoms. The standard InChI is InChI=1S/C30H38N4O6S/c1-18(33-34-41-15-27(37)31-17-41)7-12-26(36)32-23-8-10-24(11-9-23)38-16-30(6)14-13-25-21(4)28(39-22(5)35)19(2)20(3)29(25)40-30/h8-11H,7,12-17H2,1-6H3,(H,31,37)(H,32,36)/b33-18+. The Hall–Kier alpha value is -3.73. The molecule has 2 N–H and O–H groups in total. The lowest BCUT2D eigenvalue weighted by molar-refractivity contribution is -0.132. The van der Waals surface area contributed by atoms with Crippen LogP contribution in [-0.2, 0) is 31.5 Å². The number of hydrogen-bond acceptors (Lipinski definition) is 7. The molecule has 0 bridgehead atoms. The van der Waals surface area contributed by atoms with E-state index in [1.54, 1.807) is 0 Å². The Morgan fingerprint density at radius 2 is 1.83 bits per heavy atom. The first-order valence-electron chi connectivity index (χ1n) is 13.7. The number of anilines is 1. The molecule has 1 saturated heterocycles. The van der Waals surface area contributed by atoms with Crippen LogP contribution in [0.3, 0.4) is 0 Å². The highest BCUT2D eigenvalue weighted by Crippen LogP contribution is 2.44. The molecule has 2 aliphatic rings. The van der Waals surface area contributed by atoms with Crippen molar-refractivity contribution >= 4 is 39.9 Å². The Morgan fingerprint density at radius 1 is 1.10 bits per heavy atom. The van der Waals surface area contributed by atoms with Crippen molar-refractivity contribution in [1.82, 2.24) is 5.32 Å². The van der Waals surface area contributed by atoms with Crippen LogP contribution in [0.25, 0.3) is 0 Å². The third kappa shape index (κ3) is 7.72. The number of nitrogens with one attached hydrogen (secondary N) is 2. The summed E-state index contributed by atoms with van der Waals surface area (Å²) < 4.78 is 22.3. The summed E-state index contributed by atoms with van der Waals surface area (Å²) in [6, 6.07) is 7.26. The number of ether oxygens (including phenoxy) is 3. The molecule has 1 fully saturated rings. The fourth-order valence-electron chi connectivity index (χ4n) is 4.72. The first-order valence-corrected chi connectivity index (χ1v) is 15.2. The Labute approximate surface area is 243 Å². The van der Waals surface area contributed by atoms with Crippen LogP contribution < -0.4 is 24.8 Å². The van der Waals surface area contributed by atoms with Crippen LogP contribution in [0.15, 0.2) is 33.8 Å². The molecule has 2 heterocycles. The number of esters is 1. The normalized spacial score (nSPS) is 20.2. The lowest BCUT2D eigenvalue weighted by Gasteiger charge is -2.37. The van der Waals surface area contributed by atoms with Gasteiger partial charge in [-0.1, -0.05) is 0 Å². The van der Waals surface area contributed by atoms with E-state index in [9.17, 15) is 14.4 Å². The SMILES string of the molecule is CC(=O)Oc1c(C)c(C)c2c(c1C)CCC(C)(COc1ccc(NC(=O)CC/C(C)=N/N=S3\CNC(=O)C3)cc1)O2. The first kappa shape index (κ1) is 30.2. The van der Waals surface area contributed by atoms with Crippen LogP contribution in [0.2, 0.25) is 0 Å². The van der Waals surface area contributed by atoms with Gasteiger partial charge in [0.05, 0.1) is 11.6 Å². The maximum absolute atomic E-state index is 12.4. The molecule has 4 rings (SSSR count). The van der Waals surface area contributed by atoms with Crippen molar-refractivity contribution in [3.8, 4) is 17.2 Å². The van der Waals surface area contributed by atoms with E-state index >= 15 is 0 Å². The number of benzene rings is 2. The van der Waals surface area contributed by atoms with Gasteiger partial charge in [0.25, 0.3) is 0 Å². The van der Waals surface area contributed by atoms with Crippen LogP contribution in [0.1, 0.15) is 62.3 Å². The van der Waals surface area contributed by atoms with E-state index in [4.69, 9.17) is 14.2 Å². The lowest BCUT2D eigenvalue weighted by atomic mass is 9.87. The average molecular weight is 583 g/mol. The highest BCUT2D eigenvalue weighted by molar-refractivity contribution is 7.88. The second-order valence-corrected chi connectivity index (χ2v) is 12.5. The van der Waals surface area contributed by atoms with Gasteiger partial charge < -0.3 is 24.8 Å². The van der Waals surface area contributed by atoms with Gasteiger partial charge in [0.2, 0.25) is 11.8 Å². The van der Waals surface area contributed by atoms with Gasteiger partial charge >= 0.3 is 5.97 Å². The number of carbonyl (C=O) groups excluding carboxylic acids is 3. The fourth-order valence-corrected chi connectivity index (χ4v) is 5.93. The van der Waals surface area contributed by atoms with Crippen molar-refractivity contribution in [1.29, 1.82) is 0 Å². The van der Waals surface area contributed by atoms with Crippen LogP contribution in [0.4, 0.5) is 5.69 Å². The summed E-state index contributed by atoms with van der Waals surface area (Å²) in [5.41, 5.74) is 4.78. The molecule has 220 valence electrons. The Bertz CT molecular complexity index is 1420. The van der Waals surface area contributed by atoms with Gasteiger partial charge in [-0.25, -0.2) is 0 Å². The molecule has 2 aromatic rings. The van der Waals surface area contributed by atoms with E-state index in [1.807, 2.05) is 58.9 Å².